The highest BCUT2D eigenvalue weighted by Crippen LogP contribution is 2.36. The highest BCUT2D eigenvalue weighted by molar-refractivity contribution is 8.26. The molecule has 0 unspecified atom stereocenters. The van der Waals surface area contributed by atoms with Crippen molar-refractivity contribution in [2.24, 2.45) is 0 Å². The Balaban J connectivity index is 1.50. The van der Waals surface area contributed by atoms with Crippen molar-refractivity contribution in [3.05, 3.63) is 98.9 Å². The number of aryl methyl sites for hydroxylation is 1. The van der Waals surface area contributed by atoms with Crippen molar-refractivity contribution >= 4 is 51.9 Å². The lowest BCUT2D eigenvalue weighted by Gasteiger charge is -2.14. The molecule has 0 saturated carbocycles. The number of hydrogen-bond acceptors (Lipinski definition) is 5. The predicted molar refractivity (Wildman–Crippen MR) is 143 cm³/mol. The van der Waals surface area contributed by atoms with Crippen LogP contribution in [0, 0.1) is 6.92 Å². The third kappa shape index (κ3) is 6.00. The number of carbonyl (C=O) groups excluding carboxylic acids is 1. The van der Waals surface area contributed by atoms with Gasteiger partial charge in [0.1, 0.15) is 10.9 Å². The van der Waals surface area contributed by atoms with E-state index in [1.54, 1.807) is 4.90 Å². The summed E-state index contributed by atoms with van der Waals surface area (Å²) in [6.45, 7) is 5.29. The third-order valence-electron chi connectivity index (χ3n) is 5.18. The van der Waals surface area contributed by atoms with Crippen LogP contribution in [0.5, 0.6) is 11.5 Å². The molecular formula is C27H24ClNO3S2. The van der Waals surface area contributed by atoms with Gasteiger partial charge in [0, 0.05) is 5.02 Å². The monoisotopic (exact) mass is 509 g/mol. The van der Waals surface area contributed by atoms with Gasteiger partial charge in [0.2, 0.25) is 0 Å². The maximum Gasteiger partial charge on any atom is 0.266 e. The lowest BCUT2D eigenvalue weighted by atomic mass is 10.1. The molecule has 34 heavy (non-hydrogen) atoms. The van der Waals surface area contributed by atoms with Gasteiger partial charge in [0.05, 0.1) is 18.1 Å². The van der Waals surface area contributed by atoms with Gasteiger partial charge in [0.25, 0.3) is 5.91 Å². The first-order valence-corrected chi connectivity index (χ1v) is 12.5. The minimum absolute atomic E-state index is 0.0881. The number of thioether (sulfide) groups is 1. The van der Waals surface area contributed by atoms with Gasteiger partial charge in [-0.15, -0.1) is 0 Å². The fraction of sp³-hybridized carbons (Fsp3) is 0.185. The number of halogens is 1. The van der Waals surface area contributed by atoms with Crippen LogP contribution in [0.4, 0.5) is 0 Å². The Morgan fingerprint density at radius 3 is 2.53 bits per heavy atom. The number of ether oxygens (including phenoxy) is 2. The van der Waals surface area contributed by atoms with E-state index in [0.29, 0.717) is 45.5 Å². The van der Waals surface area contributed by atoms with E-state index in [0.717, 1.165) is 16.7 Å². The summed E-state index contributed by atoms with van der Waals surface area (Å²) in [4.78, 5) is 15.3. The maximum absolute atomic E-state index is 13.0. The molecule has 0 radical (unpaired) electrons. The Kier molecular flexibility index (Phi) is 7.93. The molecule has 4 nitrogen and oxygen atoms in total. The second-order valence-electron chi connectivity index (χ2n) is 7.81. The first-order chi connectivity index (χ1) is 16.4. The summed E-state index contributed by atoms with van der Waals surface area (Å²) < 4.78 is 12.3. The fourth-order valence-corrected chi connectivity index (χ4v) is 4.92. The molecule has 1 aliphatic heterocycles. The average molecular weight is 510 g/mol. The van der Waals surface area contributed by atoms with Crippen LogP contribution in [-0.2, 0) is 17.9 Å². The van der Waals surface area contributed by atoms with Crippen LogP contribution in [0.1, 0.15) is 29.2 Å². The van der Waals surface area contributed by atoms with Gasteiger partial charge in [-0.1, -0.05) is 83.6 Å². The van der Waals surface area contributed by atoms with Crippen LogP contribution < -0.4 is 9.47 Å². The first-order valence-electron chi connectivity index (χ1n) is 10.9. The first kappa shape index (κ1) is 24.3. The van der Waals surface area contributed by atoms with Crippen LogP contribution in [0.25, 0.3) is 6.08 Å². The van der Waals surface area contributed by atoms with Crippen LogP contribution in [0.15, 0.2) is 71.6 Å². The number of rotatable bonds is 8. The van der Waals surface area contributed by atoms with Crippen molar-refractivity contribution in [2.75, 3.05) is 6.61 Å². The van der Waals surface area contributed by atoms with E-state index in [2.05, 4.69) is 0 Å². The summed E-state index contributed by atoms with van der Waals surface area (Å²) in [6, 6.07) is 21.3. The van der Waals surface area contributed by atoms with Gasteiger partial charge >= 0.3 is 0 Å². The van der Waals surface area contributed by atoms with Gasteiger partial charge in [-0.3, -0.25) is 9.69 Å². The molecule has 3 aromatic carbocycles. The smallest absolute Gasteiger partial charge is 0.266 e. The van der Waals surface area contributed by atoms with E-state index >= 15 is 0 Å². The number of nitrogens with zero attached hydrogens (tertiary/aromatic N) is 1. The van der Waals surface area contributed by atoms with E-state index < -0.39 is 0 Å². The number of amides is 1. The molecule has 7 heteroatoms. The SMILES string of the molecule is CCOc1cc(C=C2SC(=S)N(Cc3ccc(C)cc3)C2=O)ccc1OCc1cccc(Cl)c1. The molecule has 0 N–H and O–H groups in total. The zero-order valence-electron chi connectivity index (χ0n) is 18.9. The van der Waals surface area contributed by atoms with Crippen LogP contribution in [0.3, 0.4) is 0 Å². The van der Waals surface area contributed by atoms with Gasteiger partial charge in [-0.25, -0.2) is 0 Å². The zero-order chi connectivity index (χ0) is 24.1. The molecule has 174 valence electrons. The summed E-state index contributed by atoms with van der Waals surface area (Å²) in [5, 5.41) is 0.668. The molecule has 1 saturated heterocycles. The lowest BCUT2D eigenvalue weighted by Crippen LogP contribution is -2.27. The zero-order valence-corrected chi connectivity index (χ0v) is 21.3. The van der Waals surface area contributed by atoms with Crippen molar-refractivity contribution in [2.45, 2.75) is 27.0 Å². The number of thiocarbonyl (C=S) groups is 1. The van der Waals surface area contributed by atoms with Crippen molar-refractivity contribution in [3.8, 4) is 11.5 Å². The molecule has 1 aliphatic rings. The second-order valence-corrected chi connectivity index (χ2v) is 9.92. The van der Waals surface area contributed by atoms with Gasteiger partial charge in [0.15, 0.2) is 11.5 Å². The highest BCUT2D eigenvalue weighted by atomic mass is 35.5. The predicted octanol–water partition coefficient (Wildman–Crippen LogP) is 7.03. The van der Waals surface area contributed by atoms with E-state index in [4.69, 9.17) is 33.3 Å². The highest BCUT2D eigenvalue weighted by Gasteiger charge is 2.32. The number of hydrogen-bond donors (Lipinski definition) is 0. The van der Waals surface area contributed by atoms with Crippen molar-refractivity contribution in [1.82, 2.24) is 4.90 Å². The summed E-state index contributed by atoms with van der Waals surface area (Å²) in [5.41, 5.74) is 4.03. The van der Waals surface area contributed by atoms with Crippen molar-refractivity contribution in [3.63, 3.8) is 0 Å². The molecule has 1 fully saturated rings. The molecule has 0 atom stereocenters. The Labute approximate surface area is 214 Å². The number of carbonyl (C=O) groups is 1. The molecule has 0 aromatic heterocycles. The lowest BCUT2D eigenvalue weighted by molar-refractivity contribution is -0.122. The minimum atomic E-state index is -0.0881. The number of benzene rings is 3. The van der Waals surface area contributed by atoms with E-state index in [1.165, 1.54) is 17.3 Å². The Morgan fingerprint density at radius 2 is 1.79 bits per heavy atom. The topological polar surface area (TPSA) is 38.8 Å². The minimum Gasteiger partial charge on any atom is -0.490 e. The summed E-state index contributed by atoms with van der Waals surface area (Å²) >= 11 is 12.9. The standard InChI is InChI=1S/C27H24ClNO3S2/c1-3-31-24-14-20(11-12-23(24)32-17-21-5-4-6-22(28)13-21)15-25-26(30)29(27(33)34-25)16-19-9-7-18(2)8-10-19/h4-15H,3,16-17H2,1-2H3. The molecule has 0 aliphatic carbocycles. The normalized spacial score (nSPS) is 14.7. The quantitative estimate of drug-likeness (QED) is 0.241. The fourth-order valence-electron chi connectivity index (χ4n) is 3.45. The largest absolute Gasteiger partial charge is 0.490 e. The Hall–Kier alpha value is -2.80. The van der Waals surface area contributed by atoms with E-state index in [1.807, 2.05) is 86.7 Å². The van der Waals surface area contributed by atoms with Gasteiger partial charge in [-0.2, -0.15) is 0 Å². The van der Waals surface area contributed by atoms with E-state index in [9.17, 15) is 4.79 Å². The van der Waals surface area contributed by atoms with Crippen molar-refractivity contribution < 1.29 is 14.3 Å². The molecule has 1 heterocycles. The van der Waals surface area contributed by atoms with Gasteiger partial charge in [-0.05, 0) is 60.9 Å². The third-order valence-corrected chi connectivity index (χ3v) is 6.80. The summed E-state index contributed by atoms with van der Waals surface area (Å²) in [5.74, 6) is 1.16. The molecule has 3 aromatic rings. The van der Waals surface area contributed by atoms with E-state index in [-0.39, 0.29) is 5.91 Å². The molecule has 4 rings (SSSR count). The van der Waals surface area contributed by atoms with Crippen LogP contribution in [0.2, 0.25) is 5.02 Å². The van der Waals surface area contributed by atoms with Crippen molar-refractivity contribution in [1.29, 1.82) is 0 Å². The Bertz CT molecular complexity index is 1240. The molecule has 0 spiro atoms. The van der Waals surface area contributed by atoms with Crippen LogP contribution in [-0.4, -0.2) is 21.7 Å². The molecular weight excluding hydrogens is 486 g/mol. The summed E-state index contributed by atoms with van der Waals surface area (Å²) in [6.07, 6.45) is 1.84. The molecule has 1 amide bonds. The summed E-state index contributed by atoms with van der Waals surface area (Å²) in [7, 11) is 0. The average Bonchev–Trinajstić information content (AvgIpc) is 3.07. The van der Waals surface area contributed by atoms with Crippen LogP contribution >= 0.6 is 35.6 Å². The molecule has 0 bridgehead atoms. The van der Waals surface area contributed by atoms with Gasteiger partial charge < -0.3 is 9.47 Å². The second kappa shape index (κ2) is 11.1. The Morgan fingerprint density at radius 1 is 1.00 bits per heavy atom. The maximum atomic E-state index is 13.0.